The van der Waals surface area contributed by atoms with Crippen molar-refractivity contribution in [3.63, 3.8) is 0 Å². The highest BCUT2D eigenvalue weighted by atomic mass is 32.2. The predicted molar refractivity (Wildman–Crippen MR) is 76.8 cm³/mol. The first kappa shape index (κ1) is 13.0. The zero-order chi connectivity index (χ0) is 12.3. The maximum Gasteiger partial charge on any atom is 0.0147 e. The van der Waals surface area contributed by atoms with E-state index in [2.05, 4.69) is 50.4 Å². The van der Waals surface area contributed by atoms with Gasteiger partial charge in [0, 0.05) is 22.6 Å². The predicted octanol–water partition coefficient (Wildman–Crippen LogP) is 3.90. The zero-order valence-electron chi connectivity index (χ0n) is 11.1. The summed E-state index contributed by atoms with van der Waals surface area (Å²) < 4.78 is 0. The van der Waals surface area contributed by atoms with Crippen molar-refractivity contribution in [3.8, 4) is 0 Å². The third-order valence-corrected chi connectivity index (χ3v) is 4.62. The molecule has 2 atom stereocenters. The third kappa shape index (κ3) is 3.05. The maximum absolute atomic E-state index is 3.68. The van der Waals surface area contributed by atoms with Gasteiger partial charge in [-0.05, 0) is 30.5 Å². The van der Waals surface area contributed by atoms with Crippen molar-refractivity contribution in [3.05, 3.63) is 29.8 Å². The van der Waals surface area contributed by atoms with Crippen molar-refractivity contribution in [1.82, 2.24) is 5.32 Å². The van der Waals surface area contributed by atoms with E-state index in [1.165, 1.54) is 17.1 Å². The molecule has 17 heavy (non-hydrogen) atoms. The quantitative estimate of drug-likeness (QED) is 0.849. The molecule has 0 bridgehead atoms. The van der Waals surface area contributed by atoms with Crippen LogP contribution in [0.15, 0.2) is 29.2 Å². The number of benzene rings is 1. The fourth-order valence-corrected chi connectivity index (χ4v) is 4.01. The smallest absolute Gasteiger partial charge is 0.0147 e. The Hall–Kier alpha value is -0.470. The van der Waals surface area contributed by atoms with Gasteiger partial charge < -0.3 is 5.32 Å². The van der Waals surface area contributed by atoms with E-state index in [1.54, 1.807) is 5.56 Å². The fourth-order valence-electron chi connectivity index (χ4n) is 2.68. The van der Waals surface area contributed by atoms with Crippen LogP contribution in [0.4, 0.5) is 0 Å². The molecule has 1 N–H and O–H groups in total. The molecule has 0 saturated carbocycles. The Morgan fingerprint density at radius 1 is 1.35 bits per heavy atom. The van der Waals surface area contributed by atoms with Crippen molar-refractivity contribution in [1.29, 1.82) is 0 Å². The Morgan fingerprint density at radius 3 is 2.82 bits per heavy atom. The minimum absolute atomic E-state index is 0.635. The van der Waals surface area contributed by atoms with E-state index in [0.717, 1.165) is 12.5 Å². The second-order valence-electron chi connectivity index (χ2n) is 5.25. The number of hydrogen-bond acceptors (Lipinski definition) is 2. The number of nitrogens with one attached hydrogen (secondary N) is 1. The number of likely N-dealkylation sites (N-methyl/N-ethyl adjacent to an activating group) is 1. The molecule has 1 aliphatic heterocycles. The molecule has 0 saturated heterocycles. The van der Waals surface area contributed by atoms with E-state index in [9.17, 15) is 0 Å². The maximum atomic E-state index is 3.68. The van der Waals surface area contributed by atoms with Gasteiger partial charge in [-0.3, -0.25) is 0 Å². The van der Waals surface area contributed by atoms with Crippen LogP contribution < -0.4 is 5.32 Å². The SMILES string of the molecule is CCNC(CC(C)C)C1CSc2ccccc21. The van der Waals surface area contributed by atoms with Gasteiger partial charge in [-0.1, -0.05) is 39.0 Å². The van der Waals surface area contributed by atoms with Crippen LogP contribution in [-0.4, -0.2) is 18.3 Å². The minimum atomic E-state index is 0.635. The van der Waals surface area contributed by atoms with Crippen LogP contribution in [0.3, 0.4) is 0 Å². The molecule has 0 spiro atoms. The molecule has 0 amide bonds. The minimum Gasteiger partial charge on any atom is -0.314 e. The molecule has 0 fully saturated rings. The second-order valence-corrected chi connectivity index (χ2v) is 6.31. The number of fused-ring (bicyclic) bond motifs is 1. The molecule has 1 heterocycles. The van der Waals surface area contributed by atoms with Crippen molar-refractivity contribution in [2.75, 3.05) is 12.3 Å². The van der Waals surface area contributed by atoms with Crippen LogP contribution in [-0.2, 0) is 0 Å². The van der Waals surface area contributed by atoms with Crippen molar-refractivity contribution in [2.24, 2.45) is 5.92 Å². The summed E-state index contributed by atoms with van der Waals surface area (Å²) in [6, 6.07) is 9.54. The molecular formula is C15H23NS. The molecule has 2 heteroatoms. The van der Waals surface area contributed by atoms with Gasteiger partial charge in [-0.15, -0.1) is 11.8 Å². The van der Waals surface area contributed by atoms with Crippen LogP contribution in [0.5, 0.6) is 0 Å². The van der Waals surface area contributed by atoms with Crippen molar-refractivity contribution < 1.29 is 0 Å². The van der Waals surface area contributed by atoms with Crippen molar-refractivity contribution in [2.45, 2.75) is 44.0 Å². The summed E-state index contributed by atoms with van der Waals surface area (Å²) in [5.41, 5.74) is 1.56. The molecule has 2 unspecified atom stereocenters. The summed E-state index contributed by atoms with van der Waals surface area (Å²) in [7, 11) is 0. The second kappa shape index (κ2) is 5.92. The van der Waals surface area contributed by atoms with E-state index < -0.39 is 0 Å². The van der Waals surface area contributed by atoms with Crippen molar-refractivity contribution >= 4 is 11.8 Å². The topological polar surface area (TPSA) is 12.0 Å². The monoisotopic (exact) mass is 249 g/mol. The first-order valence-electron chi connectivity index (χ1n) is 6.67. The van der Waals surface area contributed by atoms with Gasteiger partial charge in [0.15, 0.2) is 0 Å². The Balaban J connectivity index is 2.15. The molecule has 2 rings (SSSR count). The average molecular weight is 249 g/mol. The van der Waals surface area contributed by atoms with E-state index in [4.69, 9.17) is 0 Å². The first-order valence-corrected chi connectivity index (χ1v) is 7.66. The first-order chi connectivity index (χ1) is 8.22. The molecule has 1 aliphatic rings. The molecular weight excluding hydrogens is 226 g/mol. The lowest BCUT2D eigenvalue weighted by atomic mass is 9.88. The Kier molecular flexibility index (Phi) is 4.52. The average Bonchev–Trinajstić information content (AvgIpc) is 2.71. The third-order valence-electron chi connectivity index (χ3n) is 3.41. The number of rotatable bonds is 5. The van der Waals surface area contributed by atoms with Gasteiger partial charge in [0.05, 0.1) is 0 Å². The Labute approximate surface area is 109 Å². The van der Waals surface area contributed by atoms with Gasteiger partial charge in [0.1, 0.15) is 0 Å². The van der Waals surface area contributed by atoms with Gasteiger partial charge >= 0.3 is 0 Å². The lowest BCUT2D eigenvalue weighted by Crippen LogP contribution is -2.36. The number of thioether (sulfide) groups is 1. The molecule has 0 radical (unpaired) electrons. The summed E-state index contributed by atoms with van der Waals surface area (Å²) in [4.78, 5) is 1.49. The van der Waals surface area contributed by atoms with Crippen LogP contribution in [0.2, 0.25) is 0 Å². The van der Waals surface area contributed by atoms with Crippen LogP contribution >= 0.6 is 11.8 Å². The van der Waals surface area contributed by atoms with Crippen LogP contribution in [0.25, 0.3) is 0 Å². The molecule has 0 aromatic heterocycles. The lowest BCUT2D eigenvalue weighted by Gasteiger charge is -2.26. The highest BCUT2D eigenvalue weighted by Crippen LogP contribution is 2.42. The fraction of sp³-hybridized carbons (Fsp3) is 0.600. The molecule has 1 aromatic rings. The zero-order valence-corrected chi connectivity index (χ0v) is 11.9. The highest BCUT2D eigenvalue weighted by molar-refractivity contribution is 7.99. The van der Waals surface area contributed by atoms with Gasteiger partial charge in [0.2, 0.25) is 0 Å². The number of hydrogen-bond donors (Lipinski definition) is 1. The summed E-state index contributed by atoms with van der Waals surface area (Å²) in [6.45, 7) is 7.92. The Morgan fingerprint density at radius 2 is 2.12 bits per heavy atom. The van der Waals surface area contributed by atoms with Crippen LogP contribution in [0.1, 0.15) is 38.7 Å². The summed E-state index contributed by atoms with van der Waals surface area (Å²) >= 11 is 2.02. The lowest BCUT2D eigenvalue weighted by molar-refractivity contribution is 0.386. The van der Waals surface area contributed by atoms with Crippen LogP contribution in [0, 0.1) is 5.92 Å². The summed E-state index contributed by atoms with van der Waals surface area (Å²) in [5, 5.41) is 3.68. The largest absolute Gasteiger partial charge is 0.314 e. The van der Waals surface area contributed by atoms with E-state index in [1.807, 2.05) is 11.8 Å². The summed E-state index contributed by atoms with van der Waals surface area (Å²) in [6.07, 6.45) is 1.27. The van der Waals surface area contributed by atoms with Gasteiger partial charge in [0.25, 0.3) is 0 Å². The van der Waals surface area contributed by atoms with Gasteiger partial charge in [-0.25, -0.2) is 0 Å². The highest BCUT2D eigenvalue weighted by Gasteiger charge is 2.29. The normalized spacial score (nSPS) is 20.6. The molecule has 94 valence electrons. The Bertz CT molecular complexity index is 362. The molecule has 1 nitrogen and oxygen atoms in total. The van der Waals surface area contributed by atoms with E-state index in [-0.39, 0.29) is 0 Å². The molecule has 0 aliphatic carbocycles. The standard InChI is InChI=1S/C15H23NS/c1-4-16-14(9-11(2)3)13-10-17-15-8-6-5-7-12(13)15/h5-8,11,13-14,16H,4,9-10H2,1-3H3. The summed E-state index contributed by atoms with van der Waals surface area (Å²) in [5.74, 6) is 2.69. The van der Waals surface area contributed by atoms with E-state index >= 15 is 0 Å². The van der Waals surface area contributed by atoms with E-state index in [0.29, 0.717) is 12.0 Å². The molecule has 1 aromatic carbocycles. The van der Waals surface area contributed by atoms with Gasteiger partial charge in [-0.2, -0.15) is 0 Å².